The summed E-state index contributed by atoms with van der Waals surface area (Å²) in [5, 5.41) is 5.09. The van der Waals surface area contributed by atoms with Crippen molar-refractivity contribution in [1.29, 1.82) is 0 Å². The molecule has 158 valence electrons. The SMILES string of the molecule is Cc1ccc2[nH]c(=O)c(CN(C[C@H]3CCCO3)C(=S)NCCCN(C)C)cc2c1. The lowest BCUT2D eigenvalue weighted by Crippen LogP contribution is -2.44. The highest BCUT2D eigenvalue weighted by Gasteiger charge is 2.22. The maximum absolute atomic E-state index is 12.7. The van der Waals surface area contributed by atoms with Crippen LogP contribution in [0.2, 0.25) is 0 Å². The van der Waals surface area contributed by atoms with E-state index in [-0.39, 0.29) is 11.7 Å². The Balaban J connectivity index is 1.74. The zero-order chi connectivity index (χ0) is 20.8. The molecule has 1 aromatic heterocycles. The summed E-state index contributed by atoms with van der Waals surface area (Å²) in [4.78, 5) is 19.9. The molecule has 29 heavy (non-hydrogen) atoms. The first-order valence-corrected chi connectivity index (χ1v) is 10.7. The summed E-state index contributed by atoms with van der Waals surface area (Å²) in [6, 6.07) is 8.04. The molecule has 0 spiro atoms. The number of rotatable bonds is 8. The van der Waals surface area contributed by atoms with Crippen molar-refractivity contribution in [3.63, 3.8) is 0 Å². The van der Waals surface area contributed by atoms with Crippen molar-refractivity contribution in [1.82, 2.24) is 20.1 Å². The van der Waals surface area contributed by atoms with Crippen LogP contribution >= 0.6 is 12.2 Å². The van der Waals surface area contributed by atoms with Crippen LogP contribution in [0.15, 0.2) is 29.1 Å². The molecule has 7 heteroatoms. The predicted octanol–water partition coefficient (Wildman–Crippen LogP) is 2.64. The van der Waals surface area contributed by atoms with Gasteiger partial charge in [-0.3, -0.25) is 4.79 Å². The van der Waals surface area contributed by atoms with E-state index in [0.29, 0.717) is 18.2 Å². The lowest BCUT2D eigenvalue weighted by molar-refractivity contribution is 0.0897. The van der Waals surface area contributed by atoms with Crippen LogP contribution in [-0.4, -0.2) is 66.3 Å². The van der Waals surface area contributed by atoms with Gasteiger partial charge in [-0.25, -0.2) is 0 Å². The fraction of sp³-hybridized carbons (Fsp3) is 0.545. The number of hydrogen-bond donors (Lipinski definition) is 2. The Morgan fingerprint density at radius 1 is 1.34 bits per heavy atom. The van der Waals surface area contributed by atoms with E-state index >= 15 is 0 Å². The molecule has 2 aromatic rings. The van der Waals surface area contributed by atoms with Crippen molar-refractivity contribution < 1.29 is 4.74 Å². The van der Waals surface area contributed by atoms with E-state index in [2.05, 4.69) is 47.2 Å². The standard InChI is InChI=1S/C22H32N4O2S/c1-16-7-8-20-17(12-16)13-18(21(27)24-20)14-26(15-19-6-4-11-28-19)22(29)23-9-5-10-25(2)3/h7-8,12-13,19H,4-6,9-11,14-15H2,1-3H3,(H,23,29)(H,24,27)/t19-/m1/s1. The van der Waals surface area contributed by atoms with Gasteiger partial charge in [-0.1, -0.05) is 11.6 Å². The third-order valence-electron chi connectivity index (χ3n) is 5.23. The van der Waals surface area contributed by atoms with Crippen LogP contribution < -0.4 is 10.9 Å². The van der Waals surface area contributed by atoms with E-state index in [4.69, 9.17) is 17.0 Å². The van der Waals surface area contributed by atoms with Crippen LogP contribution in [-0.2, 0) is 11.3 Å². The fourth-order valence-corrected chi connectivity index (χ4v) is 3.89. The molecule has 0 saturated carbocycles. The Bertz CT molecular complexity index is 890. The topological polar surface area (TPSA) is 60.6 Å². The second-order valence-corrected chi connectivity index (χ2v) is 8.51. The van der Waals surface area contributed by atoms with Crippen LogP contribution in [0.3, 0.4) is 0 Å². The average Bonchev–Trinajstić information content (AvgIpc) is 3.18. The molecule has 1 saturated heterocycles. The number of thiocarbonyl (C=S) groups is 1. The van der Waals surface area contributed by atoms with Crippen molar-refractivity contribution >= 4 is 28.2 Å². The Morgan fingerprint density at radius 2 is 2.17 bits per heavy atom. The van der Waals surface area contributed by atoms with Crippen LogP contribution in [0.25, 0.3) is 10.9 Å². The first kappa shape index (κ1) is 21.7. The molecular weight excluding hydrogens is 384 g/mol. The minimum Gasteiger partial charge on any atom is -0.376 e. The molecule has 0 radical (unpaired) electrons. The number of benzene rings is 1. The summed E-state index contributed by atoms with van der Waals surface area (Å²) in [7, 11) is 4.13. The van der Waals surface area contributed by atoms with Gasteiger partial charge < -0.3 is 24.8 Å². The summed E-state index contributed by atoms with van der Waals surface area (Å²) < 4.78 is 5.82. The number of fused-ring (bicyclic) bond motifs is 1. The van der Waals surface area contributed by atoms with Crippen LogP contribution in [0.1, 0.15) is 30.4 Å². The van der Waals surface area contributed by atoms with Crippen molar-refractivity contribution in [2.24, 2.45) is 0 Å². The Morgan fingerprint density at radius 3 is 2.90 bits per heavy atom. The molecule has 2 N–H and O–H groups in total. The maximum Gasteiger partial charge on any atom is 0.253 e. The van der Waals surface area contributed by atoms with Crippen LogP contribution in [0.5, 0.6) is 0 Å². The van der Waals surface area contributed by atoms with Gasteiger partial charge in [-0.05, 0) is 82.6 Å². The lowest BCUT2D eigenvalue weighted by Gasteiger charge is -2.28. The second kappa shape index (κ2) is 10.2. The summed E-state index contributed by atoms with van der Waals surface area (Å²) >= 11 is 5.68. The number of ether oxygens (including phenoxy) is 1. The lowest BCUT2D eigenvalue weighted by atomic mass is 10.1. The molecule has 3 rings (SSSR count). The summed E-state index contributed by atoms with van der Waals surface area (Å²) in [5.41, 5.74) is 2.69. The van der Waals surface area contributed by atoms with Crippen molar-refractivity contribution in [2.45, 2.75) is 38.8 Å². The number of aromatic nitrogens is 1. The van der Waals surface area contributed by atoms with Gasteiger partial charge >= 0.3 is 0 Å². The molecule has 6 nitrogen and oxygen atoms in total. The van der Waals surface area contributed by atoms with Crippen molar-refractivity contribution in [2.75, 3.05) is 40.3 Å². The van der Waals surface area contributed by atoms with Crippen molar-refractivity contribution in [3.05, 3.63) is 45.7 Å². The zero-order valence-electron chi connectivity index (χ0n) is 17.7. The van der Waals surface area contributed by atoms with Gasteiger partial charge in [0, 0.05) is 30.8 Å². The third kappa shape index (κ3) is 6.26. The highest BCUT2D eigenvalue weighted by molar-refractivity contribution is 7.80. The molecule has 2 heterocycles. The normalized spacial score (nSPS) is 16.5. The summed E-state index contributed by atoms with van der Waals surface area (Å²) in [6.07, 6.45) is 3.29. The number of nitrogens with one attached hydrogen (secondary N) is 2. The van der Waals surface area contributed by atoms with Gasteiger partial charge in [-0.15, -0.1) is 0 Å². The quantitative estimate of drug-likeness (QED) is 0.510. The zero-order valence-corrected chi connectivity index (χ0v) is 18.5. The fourth-order valence-electron chi connectivity index (χ4n) is 3.65. The monoisotopic (exact) mass is 416 g/mol. The first-order valence-electron chi connectivity index (χ1n) is 10.3. The number of hydrogen-bond acceptors (Lipinski definition) is 4. The van der Waals surface area contributed by atoms with E-state index in [1.54, 1.807) is 0 Å². The molecule has 0 bridgehead atoms. The van der Waals surface area contributed by atoms with E-state index in [1.165, 1.54) is 5.56 Å². The van der Waals surface area contributed by atoms with E-state index < -0.39 is 0 Å². The minimum atomic E-state index is -0.0610. The molecule has 1 aliphatic heterocycles. The molecule has 0 aliphatic carbocycles. The number of aromatic amines is 1. The number of pyridine rings is 1. The van der Waals surface area contributed by atoms with Crippen LogP contribution in [0, 0.1) is 6.92 Å². The third-order valence-corrected chi connectivity index (χ3v) is 5.63. The Labute approximate surface area is 178 Å². The molecule has 1 aliphatic rings. The van der Waals surface area contributed by atoms with E-state index in [9.17, 15) is 4.79 Å². The largest absolute Gasteiger partial charge is 0.376 e. The van der Waals surface area contributed by atoms with Gasteiger partial charge in [0.15, 0.2) is 5.11 Å². The molecule has 1 atom stereocenters. The average molecular weight is 417 g/mol. The van der Waals surface area contributed by atoms with Gasteiger partial charge in [0.25, 0.3) is 5.56 Å². The molecule has 0 amide bonds. The molecular formula is C22H32N4O2S. The molecule has 0 unspecified atom stereocenters. The Hall–Kier alpha value is -1.96. The molecule has 1 aromatic carbocycles. The highest BCUT2D eigenvalue weighted by atomic mass is 32.1. The van der Waals surface area contributed by atoms with Crippen molar-refractivity contribution in [3.8, 4) is 0 Å². The maximum atomic E-state index is 12.7. The van der Waals surface area contributed by atoms with E-state index in [0.717, 1.165) is 55.4 Å². The van der Waals surface area contributed by atoms with Crippen LogP contribution in [0.4, 0.5) is 0 Å². The summed E-state index contributed by atoms with van der Waals surface area (Å²) in [6.45, 7) is 5.85. The van der Waals surface area contributed by atoms with Gasteiger partial charge in [-0.2, -0.15) is 0 Å². The molecule has 1 fully saturated rings. The van der Waals surface area contributed by atoms with Gasteiger partial charge in [0.2, 0.25) is 0 Å². The Kier molecular flexibility index (Phi) is 7.64. The highest BCUT2D eigenvalue weighted by Crippen LogP contribution is 2.17. The van der Waals surface area contributed by atoms with Gasteiger partial charge in [0.05, 0.1) is 12.6 Å². The number of H-pyrrole nitrogens is 1. The van der Waals surface area contributed by atoms with E-state index in [1.807, 2.05) is 18.2 Å². The first-order chi connectivity index (χ1) is 13.9. The smallest absolute Gasteiger partial charge is 0.253 e. The predicted molar refractivity (Wildman–Crippen MR) is 122 cm³/mol. The minimum absolute atomic E-state index is 0.0610. The second-order valence-electron chi connectivity index (χ2n) is 8.12. The number of nitrogens with zero attached hydrogens (tertiary/aromatic N) is 2. The summed E-state index contributed by atoms with van der Waals surface area (Å²) in [5.74, 6) is 0. The van der Waals surface area contributed by atoms with Gasteiger partial charge in [0.1, 0.15) is 0 Å². The number of aryl methyl sites for hydroxylation is 1.